The number of anilines is 1. The largest absolute Gasteiger partial charge is 0.346 e. The Kier molecular flexibility index (Phi) is 6.22. The van der Waals surface area contributed by atoms with Gasteiger partial charge in [-0.3, -0.25) is 9.52 Å². The van der Waals surface area contributed by atoms with Gasteiger partial charge in [-0.05, 0) is 41.7 Å². The second kappa shape index (κ2) is 7.90. The molecule has 0 spiro atoms. The number of carbonyl (C=O) groups is 1. The molecule has 1 amide bonds. The zero-order chi connectivity index (χ0) is 20.4. The van der Waals surface area contributed by atoms with Crippen LogP contribution in [0.2, 0.25) is 5.02 Å². The number of hydrogen-bond donors (Lipinski definition) is 2. The van der Waals surface area contributed by atoms with Crippen molar-refractivity contribution in [1.82, 2.24) is 5.32 Å². The lowest BCUT2D eigenvalue weighted by Gasteiger charge is -2.21. The molecule has 0 aliphatic heterocycles. The minimum absolute atomic E-state index is 0.0729. The first-order valence-corrected chi connectivity index (χ1v) is 10.8. The summed E-state index contributed by atoms with van der Waals surface area (Å²) in [5.74, 6) is -0.282. The van der Waals surface area contributed by atoms with Gasteiger partial charge in [0.05, 0.1) is 23.0 Å². The number of benzene rings is 2. The first-order valence-electron chi connectivity index (χ1n) is 8.55. The van der Waals surface area contributed by atoms with Gasteiger partial charge in [0.15, 0.2) is 0 Å². The van der Waals surface area contributed by atoms with Crippen molar-refractivity contribution in [3.8, 4) is 0 Å². The summed E-state index contributed by atoms with van der Waals surface area (Å²) in [5, 5.41) is 3.09. The number of sulfonamides is 1. The second-order valence-corrected chi connectivity index (χ2v) is 9.79. The fourth-order valence-corrected chi connectivity index (χ4v) is 3.44. The van der Waals surface area contributed by atoms with Crippen molar-refractivity contribution < 1.29 is 13.2 Å². The summed E-state index contributed by atoms with van der Waals surface area (Å²) in [6.07, 6.45) is 1.04. The van der Waals surface area contributed by atoms with E-state index in [2.05, 4.69) is 42.9 Å². The van der Waals surface area contributed by atoms with Gasteiger partial charge in [-0.25, -0.2) is 8.42 Å². The van der Waals surface area contributed by atoms with E-state index in [0.717, 1.165) is 11.8 Å². The Morgan fingerprint density at radius 1 is 1.07 bits per heavy atom. The summed E-state index contributed by atoms with van der Waals surface area (Å²) in [4.78, 5) is 12.5. The van der Waals surface area contributed by atoms with Crippen molar-refractivity contribution >= 4 is 33.2 Å². The van der Waals surface area contributed by atoms with Crippen LogP contribution in [0.25, 0.3) is 0 Å². The van der Waals surface area contributed by atoms with Crippen LogP contribution in [0, 0.1) is 0 Å². The van der Waals surface area contributed by atoms with Gasteiger partial charge in [-0.15, -0.1) is 0 Å². The number of nitrogens with one attached hydrogen (secondary N) is 2. The van der Waals surface area contributed by atoms with Gasteiger partial charge in [-0.2, -0.15) is 0 Å². The number of hydrogen-bond acceptors (Lipinski definition) is 3. The highest BCUT2D eigenvalue weighted by Crippen LogP contribution is 2.26. The van der Waals surface area contributed by atoms with Crippen LogP contribution in [-0.4, -0.2) is 20.6 Å². The van der Waals surface area contributed by atoms with Gasteiger partial charge in [0.1, 0.15) is 0 Å². The fourth-order valence-electron chi connectivity index (χ4n) is 2.57. The minimum Gasteiger partial charge on any atom is -0.346 e. The molecule has 2 N–H and O–H groups in total. The average Bonchev–Trinajstić information content (AvgIpc) is 2.54. The Hall–Kier alpha value is -2.05. The fraction of sp³-hybridized carbons (Fsp3) is 0.350. The molecule has 2 rings (SSSR count). The molecule has 0 heterocycles. The molecule has 2 aromatic carbocycles. The Bertz CT molecular complexity index is 933. The van der Waals surface area contributed by atoms with Crippen molar-refractivity contribution in [3.63, 3.8) is 0 Å². The van der Waals surface area contributed by atoms with E-state index in [1.54, 1.807) is 0 Å². The summed E-state index contributed by atoms with van der Waals surface area (Å²) in [5.41, 5.74) is 2.89. The topological polar surface area (TPSA) is 75.3 Å². The molecule has 2 aromatic rings. The molecule has 0 aromatic heterocycles. The van der Waals surface area contributed by atoms with Crippen molar-refractivity contribution in [1.29, 1.82) is 0 Å². The van der Waals surface area contributed by atoms with Crippen LogP contribution < -0.4 is 10.0 Å². The van der Waals surface area contributed by atoms with Crippen LogP contribution in [-0.2, 0) is 15.4 Å². The quantitative estimate of drug-likeness (QED) is 0.764. The van der Waals surface area contributed by atoms with Crippen LogP contribution in [0.4, 0.5) is 5.69 Å². The normalized spacial score (nSPS) is 13.1. The summed E-state index contributed by atoms with van der Waals surface area (Å²) >= 11 is 6.09. The summed E-state index contributed by atoms with van der Waals surface area (Å²) < 4.78 is 24.9. The molecule has 146 valence electrons. The van der Waals surface area contributed by atoms with Crippen molar-refractivity contribution in [2.45, 2.75) is 39.2 Å². The van der Waals surface area contributed by atoms with Crippen molar-refractivity contribution in [3.05, 3.63) is 64.2 Å². The van der Waals surface area contributed by atoms with E-state index in [4.69, 9.17) is 11.6 Å². The summed E-state index contributed by atoms with van der Waals surface area (Å²) in [6.45, 7) is 8.36. The van der Waals surface area contributed by atoms with Crippen LogP contribution in [0.1, 0.15) is 55.2 Å². The standard InChI is InChI=1S/C20H25ClN2O3S/c1-13(14-6-9-16(10-7-14)20(2,3)4)22-19(24)15-8-11-18(17(21)12-15)23-27(5,25)26/h6-13,23H,1-5H3,(H,22,24)/t13-/m1/s1. The van der Waals surface area contributed by atoms with E-state index in [0.29, 0.717) is 5.56 Å². The monoisotopic (exact) mass is 408 g/mol. The maximum absolute atomic E-state index is 12.5. The average molecular weight is 409 g/mol. The van der Waals surface area contributed by atoms with E-state index >= 15 is 0 Å². The van der Waals surface area contributed by atoms with Crippen molar-refractivity contribution in [2.75, 3.05) is 11.0 Å². The molecule has 0 aliphatic carbocycles. The highest BCUT2D eigenvalue weighted by Gasteiger charge is 2.16. The van der Waals surface area contributed by atoms with Gasteiger partial charge < -0.3 is 5.32 Å². The van der Waals surface area contributed by atoms with E-state index in [1.807, 2.05) is 19.1 Å². The van der Waals surface area contributed by atoms with Gasteiger partial charge in [-0.1, -0.05) is 56.6 Å². The number of amides is 1. The molecule has 27 heavy (non-hydrogen) atoms. The lowest BCUT2D eigenvalue weighted by molar-refractivity contribution is 0.0940. The molecule has 0 saturated carbocycles. The zero-order valence-corrected chi connectivity index (χ0v) is 17.7. The Labute approximate surface area is 166 Å². The molecule has 0 aliphatic rings. The lowest BCUT2D eigenvalue weighted by Crippen LogP contribution is -2.26. The third-order valence-electron chi connectivity index (χ3n) is 4.15. The van der Waals surface area contributed by atoms with Crippen LogP contribution in [0.15, 0.2) is 42.5 Å². The molecule has 0 unspecified atom stereocenters. The molecule has 5 nitrogen and oxygen atoms in total. The molecule has 0 fully saturated rings. The van der Waals surface area contributed by atoms with E-state index in [9.17, 15) is 13.2 Å². The number of rotatable bonds is 5. The predicted molar refractivity (Wildman–Crippen MR) is 111 cm³/mol. The van der Waals surface area contributed by atoms with E-state index in [1.165, 1.54) is 23.8 Å². The maximum atomic E-state index is 12.5. The SMILES string of the molecule is C[C@@H](NC(=O)c1ccc(NS(C)(=O)=O)c(Cl)c1)c1ccc(C(C)(C)C)cc1. The summed E-state index contributed by atoms with van der Waals surface area (Å²) in [7, 11) is -3.44. The maximum Gasteiger partial charge on any atom is 0.251 e. The van der Waals surface area contributed by atoms with Crippen molar-refractivity contribution in [2.24, 2.45) is 0 Å². The van der Waals surface area contributed by atoms with E-state index in [-0.39, 0.29) is 28.1 Å². The van der Waals surface area contributed by atoms with Crippen LogP contribution in [0.3, 0.4) is 0 Å². The zero-order valence-electron chi connectivity index (χ0n) is 16.1. The third-order valence-corrected chi connectivity index (χ3v) is 5.05. The predicted octanol–water partition coefficient (Wildman–Crippen LogP) is 4.50. The number of halogens is 1. The minimum atomic E-state index is -3.44. The van der Waals surface area contributed by atoms with E-state index < -0.39 is 10.0 Å². The Morgan fingerprint density at radius 2 is 1.67 bits per heavy atom. The smallest absolute Gasteiger partial charge is 0.251 e. The van der Waals surface area contributed by atoms with Gasteiger partial charge >= 0.3 is 0 Å². The molecular formula is C20H25ClN2O3S. The highest BCUT2D eigenvalue weighted by molar-refractivity contribution is 7.92. The second-order valence-electron chi connectivity index (χ2n) is 7.64. The molecule has 0 radical (unpaired) electrons. The number of carbonyl (C=O) groups excluding carboxylic acids is 1. The molecule has 7 heteroatoms. The molecule has 0 bridgehead atoms. The Balaban J connectivity index is 2.11. The first-order chi connectivity index (χ1) is 12.4. The first kappa shape index (κ1) is 21.3. The third kappa shape index (κ3) is 5.97. The molecule has 0 saturated heterocycles. The van der Waals surface area contributed by atoms with Gasteiger partial charge in [0.2, 0.25) is 10.0 Å². The Morgan fingerprint density at radius 3 is 2.15 bits per heavy atom. The highest BCUT2D eigenvalue weighted by atomic mass is 35.5. The van der Waals surface area contributed by atoms with Gasteiger partial charge in [0, 0.05) is 5.56 Å². The summed E-state index contributed by atoms with van der Waals surface area (Å²) in [6, 6.07) is 12.4. The van der Waals surface area contributed by atoms with Gasteiger partial charge in [0.25, 0.3) is 5.91 Å². The lowest BCUT2D eigenvalue weighted by atomic mass is 9.86. The molecule has 1 atom stereocenters. The van der Waals surface area contributed by atoms with Crippen LogP contribution in [0.5, 0.6) is 0 Å². The molecular weight excluding hydrogens is 384 g/mol. The van der Waals surface area contributed by atoms with Crippen LogP contribution >= 0.6 is 11.6 Å².